The summed E-state index contributed by atoms with van der Waals surface area (Å²) in [6.45, 7) is -0.130. The van der Waals surface area contributed by atoms with Gasteiger partial charge in [-0.2, -0.15) is 0 Å². The Hall–Kier alpha value is -1.20. The van der Waals surface area contributed by atoms with E-state index in [0.29, 0.717) is 0 Å². The average Bonchev–Trinajstić information content (AvgIpc) is 2.81. The fraction of sp³-hybridized carbons (Fsp3) is 0.400. The van der Waals surface area contributed by atoms with Crippen LogP contribution in [-0.4, -0.2) is 49.2 Å². The Morgan fingerprint density at radius 3 is 2.52 bits per heavy atom. The molecule has 118 valence electrons. The van der Waals surface area contributed by atoms with Crippen molar-refractivity contribution >= 4 is 44.8 Å². The Morgan fingerprint density at radius 1 is 1.43 bits per heavy atom. The van der Waals surface area contributed by atoms with E-state index in [0.717, 1.165) is 18.3 Å². The van der Waals surface area contributed by atoms with Crippen molar-refractivity contribution in [2.24, 2.45) is 0 Å². The van der Waals surface area contributed by atoms with Crippen LogP contribution in [0.4, 0.5) is 0 Å². The van der Waals surface area contributed by atoms with Gasteiger partial charge in [0.1, 0.15) is 4.21 Å². The molecule has 0 aliphatic rings. The van der Waals surface area contributed by atoms with Crippen LogP contribution in [0.25, 0.3) is 0 Å². The third kappa shape index (κ3) is 5.25. The number of hydrogen-bond donors (Lipinski definition) is 4. The minimum atomic E-state index is -3.86. The van der Waals surface area contributed by atoms with Crippen LogP contribution in [0, 0.1) is 0 Å². The first-order valence-electron chi connectivity index (χ1n) is 5.52. The SMILES string of the molecule is CC(O)(CNC(=O)CNS(=O)(=O)c1ccc(Cl)s1)C(=O)O. The summed E-state index contributed by atoms with van der Waals surface area (Å²) >= 11 is 6.46. The van der Waals surface area contributed by atoms with Crippen molar-refractivity contribution < 1.29 is 28.2 Å². The lowest BCUT2D eigenvalue weighted by molar-refractivity contribution is -0.156. The molecule has 0 saturated carbocycles. The topological polar surface area (TPSA) is 133 Å². The summed E-state index contributed by atoms with van der Waals surface area (Å²) in [5.74, 6) is -2.28. The van der Waals surface area contributed by atoms with Crippen molar-refractivity contribution in [3.8, 4) is 0 Å². The molecule has 8 nitrogen and oxygen atoms in total. The lowest BCUT2D eigenvalue weighted by Crippen LogP contribution is -2.48. The van der Waals surface area contributed by atoms with Gasteiger partial charge in [0.15, 0.2) is 5.60 Å². The molecule has 0 radical (unpaired) electrons. The minimum Gasteiger partial charge on any atom is -0.479 e. The summed E-state index contributed by atoms with van der Waals surface area (Å²) in [7, 11) is -3.86. The molecule has 4 N–H and O–H groups in total. The molecule has 0 aliphatic heterocycles. The zero-order valence-electron chi connectivity index (χ0n) is 10.8. The van der Waals surface area contributed by atoms with Crippen LogP contribution < -0.4 is 10.0 Å². The number of aliphatic carboxylic acids is 1. The van der Waals surface area contributed by atoms with Crippen LogP contribution in [0.5, 0.6) is 0 Å². The predicted molar refractivity (Wildman–Crippen MR) is 75.8 cm³/mol. The molecule has 0 saturated heterocycles. The highest BCUT2D eigenvalue weighted by molar-refractivity contribution is 7.91. The maximum atomic E-state index is 11.8. The smallest absolute Gasteiger partial charge is 0.337 e. The number of nitrogens with one attached hydrogen (secondary N) is 2. The molecule has 11 heteroatoms. The molecule has 21 heavy (non-hydrogen) atoms. The number of carboxylic acid groups (broad SMARTS) is 1. The summed E-state index contributed by atoms with van der Waals surface area (Å²) in [4.78, 5) is 22.0. The molecule has 1 unspecified atom stereocenters. The molecule has 1 aromatic heterocycles. The number of rotatable bonds is 7. The summed E-state index contributed by atoms with van der Waals surface area (Å²) < 4.78 is 25.8. The second-order valence-electron chi connectivity index (χ2n) is 4.24. The van der Waals surface area contributed by atoms with Gasteiger partial charge < -0.3 is 15.5 Å². The van der Waals surface area contributed by atoms with Gasteiger partial charge in [-0.05, 0) is 19.1 Å². The van der Waals surface area contributed by atoms with E-state index in [1.165, 1.54) is 12.1 Å². The number of carbonyl (C=O) groups excluding carboxylic acids is 1. The van der Waals surface area contributed by atoms with Gasteiger partial charge in [0, 0.05) is 0 Å². The van der Waals surface area contributed by atoms with Crippen LogP contribution >= 0.6 is 22.9 Å². The van der Waals surface area contributed by atoms with Crippen LogP contribution in [0.1, 0.15) is 6.92 Å². The summed E-state index contributed by atoms with van der Waals surface area (Å²) in [5.41, 5.74) is -2.13. The van der Waals surface area contributed by atoms with Gasteiger partial charge in [-0.15, -0.1) is 11.3 Å². The molecule has 1 heterocycles. The largest absolute Gasteiger partial charge is 0.479 e. The zero-order chi connectivity index (χ0) is 16.3. The number of sulfonamides is 1. The van der Waals surface area contributed by atoms with Gasteiger partial charge >= 0.3 is 5.97 Å². The number of aliphatic hydroxyl groups is 1. The quantitative estimate of drug-likeness (QED) is 0.527. The Labute approximate surface area is 129 Å². The first-order chi connectivity index (χ1) is 9.54. The van der Waals surface area contributed by atoms with Crippen molar-refractivity contribution in [3.63, 3.8) is 0 Å². The minimum absolute atomic E-state index is 0.0437. The number of halogens is 1. The number of carboxylic acids is 1. The van der Waals surface area contributed by atoms with E-state index in [1.54, 1.807) is 0 Å². The van der Waals surface area contributed by atoms with Gasteiger partial charge in [-0.25, -0.2) is 17.9 Å². The van der Waals surface area contributed by atoms with Gasteiger partial charge in [0.2, 0.25) is 5.91 Å². The van der Waals surface area contributed by atoms with Crippen LogP contribution in [0.15, 0.2) is 16.3 Å². The van der Waals surface area contributed by atoms with Gasteiger partial charge in [-0.3, -0.25) is 4.79 Å². The maximum Gasteiger partial charge on any atom is 0.337 e. The van der Waals surface area contributed by atoms with Crippen molar-refractivity contribution in [1.82, 2.24) is 10.0 Å². The second kappa shape index (κ2) is 6.71. The molecule has 0 aromatic carbocycles. The maximum absolute atomic E-state index is 11.8. The first-order valence-corrected chi connectivity index (χ1v) is 8.20. The average molecular weight is 357 g/mol. The van der Waals surface area contributed by atoms with Crippen LogP contribution in [-0.2, 0) is 19.6 Å². The van der Waals surface area contributed by atoms with E-state index < -0.39 is 40.6 Å². The fourth-order valence-corrected chi connectivity index (χ4v) is 3.59. The lowest BCUT2D eigenvalue weighted by Gasteiger charge is -2.18. The summed E-state index contributed by atoms with van der Waals surface area (Å²) in [6.07, 6.45) is 0. The third-order valence-corrected chi connectivity index (χ3v) is 5.45. The summed E-state index contributed by atoms with van der Waals surface area (Å²) in [6, 6.07) is 2.70. The number of carbonyl (C=O) groups is 2. The highest BCUT2D eigenvalue weighted by Crippen LogP contribution is 2.25. The van der Waals surface area contributed by atoms with Crippen LogP contribution in [0.3, 0.4) is 0 Å². The normalized spacial score (nSPS) is 14.4. The van der Waals surface area contributed by atoms with E-state index in [4.69, 9.17) is 16.7 Å². The van der Waals surface area contributed by atoms with E-state index in [2.05, 4.69) is 5.32 Å². The molecule has 1 amide bonds. The van der Waals surface area contributed by atoms with Gasteiger partial charge in [0.05, 0.1) is 17.4 Å². The molecule has 0 spiro atoms. The predicted octanol–water partition coefficient (Wildman–Crippen LogP) is -0.368. The molecular weight excluding hydrogens is 344 g/mol. The van der Waals surface area contributed by atoms with Gasteiger partial charge in [0.25, 0.3) is 10.0 Å². The Morgan fingerprint density at radius 2 is 2.05 bits per heavy atom. The Kier molecular flexibility index (Phi) is 5.70. The number of hydrogen-bond acceptors (Lipinski definition) is 6. The van der Waals surface area contributed by atoms with Crippen LogP contribution in [0.2, 0.25) is 4.34 Å². The van der Waals surface area contributed by atoms with E-state index in [-0.39, 0.29) is 8.55 Å². The van der Waals surface area contributed by atoms with Gasteiger partial charge in [-0.1, -0.05) is 11.6 Å². The molecule has 0 bridgehead atoms. The Balaban J connectivity index is 2.52. The molecule has 0 aliphatic carbocycles. The monoisotopic (exact) mass is 356 g/mol. The van der Waals surface area contributed by atoms with Crippen molar-refractivity contribution in [3.05, 3.63) is 16.5 Å². The summed E-state index contributed by atoms with van der Waals surface area (Å²) in [5, 5.41) is 20.1. The van der Waals surface area contributed by atoms with Crippen molar-refractivity contribution in [2.75, 3.05) is 13.1 Å². The standard InChI is InChI=1S/C10H13ClN2O6S2/c1-10(17,9(15)16)5-12-7(14)4-13-21(18,19)8-3-2-6(11)20-8/h2-3,13,17H,4-5H2,1H3,(H,12,14)(H,15,16). The van der Waals surface area contributed by atoms with Crippen molar-refractivity contribution in [2.45, 2.75) is 16.7 Å². The first kappa shape index (κ1) is 17.9. The number of thiophene rings is 1. The fourth-order valence-electron chi connectivity index (χ4n) is 1.08. The number of amides is 1. The molecule has 0 fully saturated rings. The molecular formula is C10H13ClN2O6S2. The molecule has 1 aromatic rings. The van der Waals surface area contributed by atoms with E-state index >= 15 is 0 Å². The lowest BCUT2D eigenvalue weighted by atomic mass is 10.1. The highest BCUT2D eigenvalue weighted by Gasteiger charge is 2.30. The van der Waals surface area contributed by atoms with Crippen molar-refractivity contribution in [1.29, 1.82) is 0 Å². The van der Waals surface area contributed by atoms with E-state index in [9.17, 15) is 23.1 Å². The third-order valence-electron chi connectivity index (χ3n) is 2.33. The van der Waals surface area contributed by atoms with E-state index in [1.807, 2.05) is 4.72 Å². The Bertz CT molecular complexity index is 640. The zero-order valence-corrected chi connectivity index (χ0v) is 13.2. The molecule has 1 atom stereocenters. The second-order valence-corrected chi connectivity index (χ2v) is 7.95. The highest BCUT2D eigenvalue weighted by atomic mass is 35.5. The molecule has 1 rings (SSSR count).